The molecule has 92 valence electrons. The molecule has 0 N–H and O–H groups in total. The fourth-order valence-electron chi connectivity index (χ4n) is 0.277. The van der Waals surface area contributed by atoms with Crippen LogP contribution in [0.4, 0.5) is 26.3 Å². The quantitative estimate of drug-likeness (QED) is 0.542. The fourth-order valence-corrected chi connectivity index (χ4v) is 0.898. The smallest absolute Gasteiger partial charge is 0.295 e. The van der Waals surface area contributed by atoms with Crippen LogP contribution in [0.3, 0.4) is 0 Å². The maximum atomic E-state index is 11.9. The SMILES string of the molecule is FC(F)(F)C(Cl)(Cl)OC(Cl)(Cl)C(F)(F)F. The molecule has 0 spiro atoms. The molecule has 0 aromatic carbocycles. The first-order valence-corrected chi connectivity index (χ1v) is 4.31. The molecule has 0 aliphatic heterocycles. The van der Waals surface area contributed by atoms with Crippen molar-refractivity contribution in [3.05, 3.63) is 0 Å². The molecule has 0 atom stereocenters. The Balaban J connectivity index is 4.89. The Morgan fingerprint density at radius 1 is 0.600 bits per heavy atom. The van der Waals surface area contributed by atoms with Gasteiger partial charge in [0, 0.05) is 0 Å². The van der Waals surface area contributed by atoms with Crippen LogP contribution in [0.25, 0.3) is 0 Å². The summed E-state index contributed by atoms with van der Waals surface area (Å²) in [4.78, 5) is 0. The van der Waals surface area contributed by atoms with Crippen LogP contribution >= 0.6 is 46.4 Å². The molecular weight excluding hydrogens is 320 g/mol. The molecule has 0 aliphatic carbocycles. The van der Waals surface area contributed by atoms with Gasteiger partial charge in [0.1, 0.15) is 0 Å². The van der Waals surface area contributed by atoms with E-state index in [1.165, 1.54) is 0 Å². The number of hydrogen-bond acceptors (Lipinski definition) is 1. The Hall–Kier alpha value is 0.700. The lowest BCUT2D eigenvalue weighted by Crippen LogP contribution is -2.48. The molecule has 0 aromatic heterocycles. The van der Waals surface area contributed by atoms with Gasteiger partial charge < -0.3 is 0 Å². The Morgan fingerprint density at radius 2 is 0.800 bits per heavy atom. The highest BCUT2D eigenvalue weighted by Crippen LogP contribution is 2.50. The molecule has 0 fully saturated rings. The molecule has 0 saturated carbocycles. The highest BCUT2D eigenvalue weighted by molar-refractivity contribution is 6.51. The van der Waals surface area contributed by atoms with Crippen molar-refractivity contribution in [3.8, 4) is 0 Å². The van der Waals surface area contributed by atoms with Crippen molar-refractivity contribution in [2.45, 2.75) is 21.4 Å². The second kappa shape index (κ2) is 4.18. The zero-order chi connectivity index (χ0) is 12.7. The van der Waals surface area contributed by atoms with E-state index in [4.69, 9.17) is 0 Å². The van der Waals surface area contributed by atoms with Gasteiger partial charge in [0.05, 0.1) is 0 Å². The first-order valence-electron chi connectivity index (χ1n) is 2.80. The Bertz CT molecular complexity index is 208. The van der Waals surface area contributed by atoms with Gasteiger partial charge in [0.15, 0.2) is 0 Å². The molecule has 0 aliphatic rings. The van der Waals surface area contributed by atoms with E-state index in [0.29, 0.717) is 0 Å². The van der Waals surface area contributed by atoms with Gasteiger partial charge in [-0.1, -0.05) is 46.4 Å². The average molecular weight is 320 g/mol. The predicted octanol–water partition coefficient (Wildman–Crippen LogP) is 4.39. The monoisotopic (exact) mass is 318 g/mol. The number of halogens is 10. The second-order valence-electron chi connectivity index (χ2n) is 2.13. The summed E-state index contributed by atoms with van der Waals surface area (Å²) in [5.41, 5.74) is 0. The summed E-state index contributed by atoms with van der Waals surface area (Å²) in [6.07, 6.45) is -11.0. The first-order chi connectivity index (χ1) is 6.21. The number of hydrogen-bond donors (Lipinski definition) is 0. The largest absolute Gasteiger partial charge is 0.447 e. The van der Waals surface area contributed by atoms with Crippen LogP contribution in [0.15, 0.2) is 0 Å². The van der Waals surface area contributed by atoms with Crippen molar-refractivity contribution < 1.29 is 31.1 Å². The molecule has 11 heteroatoms. The van der Waals surface area contributed by atoms with Crippen molar-refractivity contribution in [2.24, 2.45) is 0 Å². The molecule has 0 rings (SSSR count). The van der Waals surface area contributed by atoms with Gasteiger partial charge in [-0.2, -0.15) is 26.3 Å². The Kier molecular flexibility index (Phi) is 4.37. The van der Waals surface area contributed by atoms with E-state index in [2.05, 4.69) is 51.1 Å². The number of alkyl halides is 10. The lowest BCUT2D eigenvalue weighted by atomic mass is 10.6. The van der Waals surface area contributed by atoms with Crippen LogP contribution in [0.2, 0.25) is 0 Å². The van der Waals surface area contributed by atoms with E-state index < -0.39 is 21.4 Å². The van der Waals surface area contributed by atoms with Crippen molar-refractivity contribution in [3.63, 3.8) is 0 Å². The van der Waals surface area contributed by atoms with Crippen LogP contribution in [-0.4, -0.2) is 21.4 Å². The minimum absolute atomic E-state index is 3.17. The van der Waals surface area contributed by atoms with Gasteiger partial charge in [0.25, 0.3) is 0 Å². The third-order valence-electron chi connectivity index (χ3n) is 0.916. The van der Waals surface area contributed by atoms with Crippen molar-refractivity contribution in [2.75, 3.05) is 0 Å². The van der Waals surface area contributed by atoms with E-state index in [0.717, 1.165) is 0 Å². The lowest BCUT2D eigenvalue weighted by Gasteiger charge is -2.30. The summed E-state index contributed by atoms with van der Waals surface area (Å²) in [5, 5.41) is 0. The van der Waals surface area contributed by atoms with Gasteiger partial charge in [-0.25, -0.2) is 0 Å². The molecule has 0 unspecified atom stereocenters. The van der Waals surface area contributed by atoms with Crippen LogP contribution in [0, 0.1) is 0 Å². The third kappa shape index (κ3) is 3.89. The van der Waals surface area contributed by atoms with Crippen LogP contribution in [0.1, 0.15) is 0 Å². The molecule has 0 heterocycles. The topological polar surface area (TPSA) is 9.23 Å². The highest BCUT2D eigenvalue weighted by atomic mass is 35.5. The molecule has 0 amide bonds. The summed E-state index contributed by atoms with van der Waals surface area (Å²) in [6.45, 7) is 0. The molecular formula is C4Cl4F6O. The van der Waals surface area contributed by atoms with Gasteiger partial charge in [-0.3, -0.25) is 4.74 Å². The Labute approximate surface area is 99.2 Å². The van der Waals surface area contributed by atoms with Gasteiger partial charge in [0.2, 0.25) is 0 Å². The number of ether oxygens (including phenoxy) is 1. The van der Waals surface area contributed by atoms with E-state index in [1.807, 2.05) is 0 Å². The molecule has 0 saturated heterocycles. The second-order valence-corrected chi connectivity index (χ2v) is 4.65. The highest BCUT2D eigenvalue weighted by Gasteiger charge is 2.64. The average Bonchev–Trinajstić information content (AvgIpc) is 1.77. The van der Waals surface area contributed by atoms with Crippen molar-refractivity contribution in [1.82, 2.24) is 0 Å². The first kappa shape index (κ1) is 15.7. The van der Waals surface area contributed by atoms with Crippen LogP contribution in [0.5, 0.6) is 0 Å². The van der Waals surface area contributed by atoms with Gasteiger partial charge >= 0.3 is 21.4 Å². The minimum atomic E-state index is -5.49. The lowest BCUT2D eigenvalue weighted by molar-refractivity contribution is -0.271. The normalized spacial score (nSPS) is 15.6. The standard InChI is InChI=1S/C4Cl4F6O/c5-1(6,3(9,10)11)15-2(7,8)4(12,13)14. The van der Waals surface area contributed by atoms with Crippen molar-refractivity contribution >= 4 is 46.4 Å². The zero-order valence-corrected chi connectivity index (χ0v) is 9.21. The van der Waals surface area contributed by atoms with E-state index in [9.17, 15) is 26.3 Å². The minimum Gasteiger partial charge on any atom is -0.295 e. The zero-order valence-electron chi connectivity index (χ0n) is 6.19. The molecule has 0 bridgehead atoms. The molecule has 1 nitrogen and oxygen atoms in total. The van der Waals surface area contributed by atoms with E-state index in [-0.39, 0.29) is 0 Å². The summed E-state index contributed by atoms with van der Waals surface area (Å²) >= 11 is 17.8. The molecule has 15 heavy (non-hydrogen) atoms. The number of rotatable bonds is 2. The molecule has 0 radical (unpaired) electrons. The summed E-state index contributed by atoms with van der Waals surface area (Å²) in [5.74, 6) is 0. The van der Waals surface area contributed by atoms with Gasteiger partial charge in [-0.05, 0) is 0 Å². The Morgan fingerprint density at radius 3 is 0.933 bits per heavy atom. The van der Waals surface area contributed by atoms with Crippen LogP contribution < -0.4 is 0 Å². The summed E-state index contributed by atoms with van der Waals surface area (Å²) < 4.78 is 66.1. The predicted molar refractivity (Wildman–Crippen MR) is 42.1 cm³/mol. The maximum Gasteiger partial charge on any atom is 0.447 e. The van der Waals surface area contributed by atoms with E-state index in [1.54, 1.807) is 0 Å². The summed E-state index contributed by atoms with van der Waals surface area (Å²) in [6, 6.07) is 0. The van der Waals surface area contributed by atoms with Gasteiger partial charge in [-0.15, -0.1) is 0 Å². The summed E-state index contributed by atoms with van der Waals surface area (Å²) in [7, 11) is 0. The van der Waals surface area contributed by atoms with Crippen molar-refractivity contribution in [1.29, 1.82) is 0 Å². The van der Waals surface area contributed by atoms with Crippen LogP contribution in [-0.2, 0) is 4.74 Å². The fraction of sp³-hybridized carbons (Fsp3) is 1.00. The van der Waals surface area contributed by atoms with E-state index >= 15 is 0 Å². The molecule has 0 aromatic rings. The third-order valence-corrected chi connectivity index (χ3v) is 2.08. The maximum absolute atomic E-state index is 11.9.